The number of anilines is 2. The van der Waals surface area contributed by atoms with Crippen molar-refractivity contribution < 1.29 is 14.3 Å². The third-order valence-electron chi connectivity index (χ3n) is 3.52. The Balaban J connectivity index is 1.97. The number of nitrogens with zero attached hydrogens (tertiary/aromatic N) is 3. The molecule has 0 unspecified atom stereocenters. The zero-order chi connectivity index (χ0) is 18.6. The Morgan fingerprint density at radius 1 is 1.48 bits per heavy atom. The molecule has 0 spiro atoms. The van der Waals surface area contributed by atoms with Crippen molar-refractivity contribution in [1.82, 2.24) is 14.8 Å². The predicted molar refractivity (Wildman–Crippen MR) is 97.0 cm³/mol. The Labute approximate surface area is 149 Å². The average molecular weight is 363 g/mol. The van der Waals surface area contributed by atoms with Crippen molar-refractivity contribution in [2.24, 2.45) is 7.05 Å². The lowest BCUT2D eigenvalue weighted by molar-refractivity contribution is -0.123. The third-order valence-corrected chi connectivity index (χ3v) is 4.32. The van der Waals surface area contributed by atoms with Crippen LogP contribution in [0.25, 0.3) is 0 Å². The van der Waals surface area contributed by atoms with Gasteiger partial charge in [-0.05, 0) is 20.8 Å². The van der Waals surface area contributed by atoms with Crippen LogP contribution in [0, 0.1) is 13.8 Å². The van der Waals surface area contributed by atoms with E-state index in [1.807, 2.05) is 6.92 Å². The van der Waals surface area contributed by atoms with Gasteiger partial charge in [0.1, 0.15) is 0 Å². The number of rotatable bonds is 7. The lowest BCUT2D eigenvalue weighted by Crippen LogP contribution is -2.30. The van der Waals surface area contributed by atoms with Gasteiger partial charge in [0.2, 0.25) is 0 Å². The summed E-state index contributed by atoms with van der Waals surface area (Å²) in [6.07, 6.45) is 0.728. The van der Waals surface area contributed by atoms with E-state index in [4.69, 9.17) is 4.74 Å². The standard InChI is InChI=1S/C16H21N5O3S/c1-6-7-17-16-18-12(8-25-16)15(23)24-11(4)14(22)19-13-9(2)20-21(5)10(13)3/h6,8,11H,1,7H2,2-5H3,(H,17,18)(H,19,22)/t11-/m1/s1. The first-order valence-corrected chi connectivity index (χ1v) is 8.53. The van der Waals surface area contributed by atoms with Gasteiger partial charge in [-0.25, -0.2) is 9.78 Å². The SMILES string of the molecule is C=CCNc1nc(C(=O)O[C@H](C)C(=O)Nc2c(C)nn(C)c2C)cs1. The molecule has 0 fully saturated rings. The molecule has 2 rings (SSSR count). The third kappa shape index (κ3) is 4.44. The molecule has 0 saturated carbocycles. The van der Waals surface area contributed by atoms with Gasteiger partial charge in [-0.3, -0.25) is 9.48 Å². The molecule has 2 aromatic rings. The summed E-state index contributed by atoms with van der Waals surface area (Å²) in [6.45, 7) is 9.30. The first-order chi connectivity index (χ1) is 11.8. The van der Waals surface area contributed by atoms with Crippen LogP contribution < -0.4 is 10.6 Å². The molecule has 0 saturated heterocycles. The summed E-state index contributed by atoms with van der Waals surface area (Å²) in [7, 11) is 1.79. The highest BCUT2D eigenvalue weighted by molar-refractivity contribution is 7.13. The monoisotopic (exact) mass is 363 g/mol. The molecule has 1 atom stereocenters. The summed E-state index contributed by atoms with van der Waals surface area (Å²) in [5, 5.41) is 12.1. The predicted octanol–water partition coefficient (Wildman–Crippen LogP) is 2.28. The zero-order valence-corrected chi connectivity index (χ0v) is 15.4. The van der Waals surface area contributed by atoms with Crippen LogP contribution in [0.1, 0.15) is 28.8 Å². The number of esters is 1. The molecular formula is C16H21N5O3S. The molecule has 2 heterocycles. The van der Waals surface area contributed by atoms with E-state index in [1.54, 1.807) is 30.1 Å². The van der Waals surface area contributed by atoms with E-state index in [1.165, 1.54) is 18.3 Å². The van der Waals surface area contributed by atoms with Crippen LogP contribution in [-0.2, 0) is 16.6 Å². The lowest BCUT2D eigenvalue weighted by Gasteiger charge is -2.13. The minimum Gasteiger partial charge on any atom is -0.448 e. The van der Waals surface area contributed by atoms with E-state index in [0.717, 1.165) is 5.69 Å². The summed E-state index contributed by atoms with van der Waals surface area (Å²) in [5.41, 5.74) is 2.30. The van der Waals surface area contributed by atoms with E-state index in [2.05, 4.69) is 27.3 Å². The quantitative estimate of drug-likeness (QED) is 0.578. The summed E-state index contributed by atoms with van der Waals surface area (Å²) in [4.78, 5) is 28.5. The Morgan fingerprint density at radius 3 is 2.80 bits per heavy atom. The molecule has 0 aliphatic heterocycles. The van der Waals surface area contributed by atoms with Crippen LogP contribution in [0.5, 0.6) is 0 Å². The highest BCUT2D eigenvalue weighted by Crippen LogP contribution is 2.19. The van der Waals surface area contributed by atoms with Crippen molar-refractivity contribution in [3.05, 3.63) is 35.1 Å². The Hall–Kier alpha value is -2.68. The molecule has 0 radical (unpaired) electrons. The van der Waals surface area contributed by atoms with Gasteiger partial charge >= 0.3 is 5.97 Å². The molecule has 1 amide bonds. The molecule has 134 valence electrons. The minimum absolute atomic E-state index is 0.157. The van der Waals surface area contributed by atoms with E-state index < -0.39 is 18.0 Å². The molecule has 0 aliphatic rings. The molecule has 2 aromatic heterocycles. The number of carbonyl (C=O) groups excluding carboxylic acids is 2. The van der Waals surface area contributed by atoms with Crippen molar-refractivity contribution in [3.8, 4) is 0 Å². The van der Waals surface area contributed by atoms with E-state index in [0.29, 0.717) is 23.1 Å². The number of aryl methyl sites for hydroxylation is 2. The van der Waals surface area contributed by atoms with E-state index >= 15 is 0 Å². The number of nitrogens with one attached hydrogen (secondary N) is 2. The topological polar surface area (TPSA) is 98.1 Å². The van der Waals surface area contributed by atoms with E-state index in [-0.39, 0.29) is 5.69 Å². The van der Waals surface area contributed by atoms with Gasteiger partial charge in [-0.1, -0.05) is 6.08 Å². The van der Waals surface area contributed by atoms with Gasteiger partial charge in [0.05, 0.1) is 17.1 Å². The Kier molecular flexibility index (Phi) is 5.92. The fourth-order valence-electron chi connectivity index (χ4n) is 2.06. The van der Waals surface area contributed by atoms with Gasteiger partial charge in [0.15, 0.2) is 16.9 Å². The van der Waals surface area contributed by atoms with Crippen LogP contribution in [0.4, 0.5) is 10.8 Å². The number of hydrogen-bond donors (Lipinski definition) is 2. The molecule has 9 heteroatoms. The summed E-state index contributed by atoms with van der Waals surface area (Å²) >= 11 is 1.28. The summed E-state index contributed by atoms with van der Waals surface area (Å²) in [6, 6.07) is 0. The number of ether oxygens (including phenoxy) is 1. The second kappa shape index (κ2) is 7.93. The molecule has 8 nitrogen and oxygen atoms in total. The maximum absolute atomic E-state index is 12.3. The van der Waals surface area contributed by atoms with Crippen molar-refractivity contribution in [1.29, 1.82) is 0 Å². The molecule has 0 aromatic carbocycles. The largest absolute Gasteiger partial charge is 0.448 e. The Bertz CT molecular complexity index is 796. The van der Waals surface area contributed by atoms with Crippen LogP contribution in [0.2, 0.25) is 0 Å². The normalized spacial score (nSPS) is 11.7. The van der Waals surface area contributed by atoms with Crippen molar-refractivity contribution >= 4 is 34.0 Å². The smallest absolute Gasteiger partial charge is 0.358 e. The van der Waals surface area contributed by atoms with Crippen molar-refractivity contribution in [2.45, 2.75) is 26.9 Å². The number of aromatic nitrogens is 3. The second-order valence-corrected chi connectivity index (χ2v) is 6.27. The van der Waals surface area contributed by atoms with Gasteiger partial charge in [-0.2, -0.15) is 5.10 Å². The van der Waals surface area contributed by atoms with Crippen LogP contribution in [0.3, 0.4) is 0 Å². The van der Waals surface area contributed by atoms with Crippen molar-refractivity contribution in [3.63, 3.8) is 0 Å². The van der Waals surface area contributed by atoms with Gasteiger partial charge in [0.25, 0.3) is 5.91 Å². The highest BCUT2D eigenvalue weighted by Gasteiger charge is 2.22. The Morgan fingerprint density at radius 2 is 2.20 bits per heavy atom. The van der Waals surface area contributed by atoms with Crippen LogP contribution in [-0.4, -0.2) is 39.3 Å². The molecular weight excluding hydrogens is 342 g/mol. The molecule has 25 heavy (non-hydrogen) atoms. The zero-order valence-electron chi connectivity index (χ0n) is 14.6. The molecule has 0 aliphatic carbocycles. The fourth-order valence-corrected chi connectivity index (χ4v) is 2.75. The number of thiazole rings is 1. The maximum atomic E-state index is 12.3. The molecule has 0 bridgehead atoms. The van der Waals surface area contributed by atoms with Gasteiger partial charge in [0, 0.05) is 19.0 Å². The lowest BCUT2D eigenvalue weighted by atomic mass is 10.3. The van der Waals surface area contributed by atoms with E-state index in [9.17, 15) is 9.59 Å². The first-order valence-electron chi connectivity index (χ1n) is 7.65. The fraction of sp³-hybridized carbons (Fsp3) is 0.375. The number of carbonyl (C=O) groups is 2. The number of hydrogen-bond acceptors (Lipinski definition) is 7. The van der Waals surface area contributed by atoms with Crippen molar-refractivity contribution in [2.75, 3.05) is 17.2 Å². The maximum Gasteiger partial charge on any atom is 0.358 e. The average Bonchev–Trinajstić information content (AvgIpc) is 3.13. The van der Waals surface area contributed by atoms with Gasteiger partial charge < -0.3 is 15.4 Å². The minimum atomic E-state index is -0.960. The van der Waals surface area contributed by atoms with Gasteiger partial charge in [-0.15, -0.1) is 17.9 Å². The highest BCUT2D eigenvalue weighted by atomic mass is 32.1. The summed E-state index contributed by atoms with van der Waals surface area (Å²) in [5.74, 6) is -1.07. The summed E-state index contributed by atoms with van der Waals surface area (Å²) < 4.78 is 6.87. The van der Waals surface area contributed by atoms with Crippen LogP contribution in [0.15, 0.2) is 18.0 Å². The second-order valence-electron chi connectivity index (χ2n) is 5.41. The molecule has 2 N–H and O–H groups in total. The van der Waals surface area contributed by atoms with Crippen LogP contribution >= 0.6 is 11.3 Å². The first kappa shape index (κ1) is 18.7. The number of amides is 1.